The first kappa shape index (κ1) is 11.2. The molecule has 88 valence electrons. The molecule has 1 aromatic heterocycles. The van der Waals surface area contributed by atoms with Crippen LogP contribution in [0, 0.1) is 5.92 Å². The average molecular weight is 221 g/mol. The molecule has 1 aromatic rings. The molecule has 0 spiro atoms. The third kappa shape index (κ3) is 1.84. The number of rotatable bonds is 2. The number of carbonyl (C=O) groups is 1. The third-order valence-electron chi connectivity index (χ3n) is 3.60. The predicted molar refractivity (Wildman–Crippen MR) is 63.5 cm³/mol. The molecule has 0 aliphatic carbocycles. The highest BCUT2D eigenvalue weighted by Crippen LogP contribution is 2.26. The molecule has 2 heterocycles. The van der Waals surface area contributed by atoms with E-state index in [0.717, 1.165) is 18.8 Å². The second-order valence-electron chi connectivity index (χ2n) is 4.49. The van der Waals surface area contributed by atoms with Crippen molar-refractivity contribution in [3.63, 3.8) is 0 Å². The van der Waals surface area contributed by atoms with Crippen LogP contribution >= 0.6 is 0 Å². The minimum atomic E-state index is 0.124. The molecule has 2 unspecified atom stereocenters. The molecule has 0 bridgehead atoms. The maximum absolute atomic E-state index is 11.6. The van der Waals surface area contributed by atoms with Gasteiger partial charge in [-0.2, -0.15) is 5.10 Å². The van der Waals surface area contributed by atoms with Gasteiger partial charge in [0, 0.05) is 37.7 Å². The number of ketones is 1. The van der Waals surface area contributed by atoms with Crippen molar-refractivity contribution in [3.05, 3.63) is 12.4 Å². The summed E-state index contributed by atoms with van der Waals surface area (Å²) in [5, 5.41) is 4.28. The largest absolute Gasteiger partial charge is 0.365 e. The molecule has 16 heavy (non-hydrogen) atoms. The molecule has 1 aliphatic heterocycles. The number of piperidine rings is 1. The minimum Gasteiger partial charge on any atom is -0.365 e. The van der Waals surface area contributed by atoms with Gasteiger partial charge in [0.1, 0.15) is 5.78 Å². The van der Waals surface area contributed by atoms with E-state index in [4.69, 9.17) is 0 Å². The fraction of sp³-hybridized carbons (Fsp3) is 0.667. The highest BCUT2D eigenvalue weighted by molar-refractivity contribution is 5.83. The van der Waals surface area contributed by atoms with Crippen LogP contribution in [0.4, 0.5) is 5.69 Å². The van der Waals surface area contributed by atoms with Gasteiger partial charge in [0.2, 0.25) is 0 Å². The molecule has 4 nitrogen and oxygen atoms in total. The smallest absolute Gasteiger partial charge is 0.139 e. The topological polar surface area (TPSA) is 38.1 Å². The maximum Gasteiger partial charge on any atom is 0.139 e. The van der Waals surface area contributed by atoms with Crippen LogP contribution in [0.5, 0.6) is 0 Å². The Morgan fingerprint density at radius 1 is 1.50 bits per heavy atom. The Kier molecular flexibility index (Phi) is 2.99. The van der Waals surface area contributed by atoms with E-state index in [1.54, 1.807) is 0 Å². The monoisotopic (exact) mass is 221 g/mol. The van der Waals surface area contributed by atoms with E-state index < -0.39 is 0 Å². The first-order chi connectivity index (χ1) is 7.63. The number of Topliss-reactive ketones (excluding diaryl/α,β-unsaturated/α-hetero) is 1. The Morgan fingerprint density at radius 2 is 2.25 bits per heavy atom. The molecule has 0 N–H and O–H groups in total. The van der Waals surface area contributed by atoms with E-state index in [0.29, 0.717) is 12.2 Å². The SMILES string of the molecule is CCn1cc(N2CCC(=O)C(C)C2C)cn1. The Bertz CT molecular complexity index is 385. The predicted octanol–water partition coefficient (Wildman–Crippen LogP) is 1.71. The second kappa shape index (κ2) is 4.28. The average Bonchev–Trinajstić information content (AvgIpc) is 2.74. The van der Waals surface area contributed by atoms with Crippen molar-refractivity contribution in [2.75, 3.05) is 11.4 Å². The summed E-state index contributed by atoms with van der Waals surface area (Å²) in [7, 11) is 0. The zero-order valence-electron chi connectivity index (χ0n) is 10.2. The van der Waals surface area contributed by atoms with E-state index in [1.807, 2.05) is 17.8 Å². The zero-order valence-corrected chi connectivity index (χ0v) is 10.2. The van der Waals surface area contributed by atoms with Gasteiger partial charge < -0.3 is 4.90 Å². The summed E-state index contributed by atoms with van der Waals surface area (Å²) >= 11 is 0. The fourth-order valence-corrected chi connectivity index (χ4v) is 2.24. The van der Waals surface area contributed by atoms with E-state index in [2.05, 4.69) is 30.0 Å². The molecule has 1 fully saturated rings. The highest BCUT2D eigenvalue weighted by Gasteiger charge is 2.31. The standard InChI is InChI=1S/C12H19N3O/c1-4-14-8-11(7-13-14)15-6-5-12(16)9(2)10(15)3/h7-10H,4-6H2,1-3H3. The van der Waals surface area contributed by atoms with Crippen LogP contribution in [0.25, 0.3) is 0 Å². The zero-order chi connectivity index (χ0) is 11.7. The maximum atomic E-state index is 11.6. The summed E-state index contributed by atoms with van der Waals surface area (Å²) in [6.45, 7) is 7.91. The number of nitrogens with zero attached hydrogens (tertiary/aromatic N) is 3. The van der Waals surface area contributed by atoms with E-state index in [1.165, 1.54) is 0 Å². The van der Waals surface area contributed by atoms with E-state index >= 15 is 0 Å². The van der Waals surface area contributed by atoms with Crippen molar-refractivity contribution in [2.45, 2.75) is 39.8 Å². The number of anilines is 1. The summed E-state index contributed by atoms with van der Waals surface area (Å²) in [6.07, 6.45) is 4.60. The second-order valence-corrected chi connectivity index (χ2v) is 4.49. The molecule has 0 saturated carbocycles. The third-order valence-corrected chi connectivity index (χ3v) is 3.60. The van der Waals surface area contributed by atoms with Crippen molar-refractivity contribution in [1.29, 1.82) is 0 Å². The first-order valence-corrected chi connectivity index (χ1v) is 5.95. The van der Waals surface area contributed by atoms with Gasteiger partial charge in [-0.1, -0.05) is 6.92 Å². The molecule has 2 rings (SSSR count). The van der Waals surface area contributed by atoms with Crippen LogP contribution in [-0.2, 0) is 11.3 Å². The molecule has 0 aromatic carbocycles. The van der Waals surface area contributed by atoms with Gasteiger partial charge in [-0.05, 0) is 13.8 Å². The minimum absolute atomic E-state index is 0.124. The summed E-state index contributed by atoms with van der Waals surface area (Å²) in [6, 6.07) is 0.274. The van der Waals surface area contributed by atoms with Crippen LogP contribution in [0.3, 0.4) is 0 Å². The van der Waals surface area contributed by atoms with Gasteiger partial charge in [-0.15, -0.1) is 0 Å². The number of hydrogen-bond donors (Lipinski definition) is 0. The highest BCUT2D eigenvalue weighted by atomic mass is 16.1. The van der Waals surface area contributed by atoms with Crippen LogP contribution in [0.2, 0.25) is 0 Å². The molecule has 0 radical (unpaired) electrons. The fourth-order valence-electron chi connectivity index (χ4n) is 2.24. The summed E-state index contributed by atoms with van der Waals surface area (Å²) in [5.41, 5.74) is 1.13. The Hall–Kier alpha value is -1.32. The Labute approximate surface area is 96.2 Å². The summed E-state index contributed by atoms with van der Waals surface area (Å²) in [5.74, 6) is 0.505. The van der Waals surface area contributed by atoms with Crippen molar-refractivity contribution >= 4 is 11.5 Å². The summed E-state index contributed by atoms with van der Waals surface area (Å²) in [4.78, 5) is 13.9. The van der Waals surface area contributed by atoms with Gasteiger partial charge in [0.05, 0.1) is 11.9 Å². The van der Waals surface area contributed by atoms with Crippen molar-refractivity contribution in [3.8, 4) is 0 Å². The van der Waals surface area contributed by atoms with Gasteiger partial charge in [0.15, 0.2) is 0 Å². The lowest BCUT2D eigenvalue weighted by Crippen LogP contribution is -2.46. The molecular formula is C12H19N3O. The van der Waals surface area contributed by atoms with Crippen LogP contribution in [0.15, 0.2) is 12.4 Å². The van der Waals surface area contributed by atoms with Gasteiger partial charge in [-0.25, -0.2) is 0 Å². The van der Waals surface area contributed by atoms with Crippen molar-refractivity contribution in [2.24, 2.45) is 5.92 Å². The lowest BCUT2D eigenvalue weighted by Gasteiger charge is -2.37. The van der Waals surface area contributed by atoms with Crippen LogP contribution in [-0.4, -0.2) is 28.2 Å². The van der Waals surface area contributed by atoms with Crippen molar-refractivity contribution in [1.82, 2.24) is 9.78 Å². The Balaban J connectivity index is 2.18. The van der Waals surface area contributed by atoms with Crippen LogP contribution in [0.1, 0.15) is 27.2 Å². The molecule has 4 heteroatoms. The number of aromatic nitrogens is 2. The molecule has 1 saturated heterocycles. The van der Waals surface area contributed by atoms with Gasteiger partial charge in [-0.3, -0.25) is 9.48 Å². The van der Waals surface area contributed by atoms with Gasteiger partial charge >= 0.3 is 0 Å². The number of aryl methyl sites for hydroxylation is 1. The molecule has 0 amide bonds. The first-order valence-electron chi connectivity index (χ1n) is 5.95. The summed E-state index contributed by atoms with van der Waals surface area (Å²) < 4.78 is 1.92. The lowest BCUT2D eigenvalue weighted by molar-refractivity contribution is -0.123. The quantitative estimate of drug-likeness (QED) is 0.763. The van der Waals surface area contributed by atoms with Crippen molar-refractivity contribution < 1.29 is 4.79 Å². The lowest BCUT2D eigenvalue weighted by atomic mass is 9.90. The number of hydrogen-bond acceptors (Lipinski definition) is 3. The van der Waals surface area contributed by atoms with Gasteiger partial charge in [0.25, 0.3) is 0 Å². The van der Waals surface area contributed by atoms with E-state index in [-0.39, 0.29) is 12.0 Å². The normalized spacial score (nSPS) is 26.2. The number of carbonyl (C=O) groups excluding carboxylic acids is 1. The molecule has 2 atom stereocenters. The molecule has 1 aliphatic rings. The molecular weight excluding hydrogens is 202 g/mol. The van der Waals surface area contributed by atoms with E-state index in [9.17, 15) is 4.79 Å². The Morgan fingerprint density at radius 3 is 2.88 bits per heavy atom. The van der Waals surface area contributed by atoms with Crippen LogP contribution < -0.4 is 4.90 Å².